The monoisotopic (exact) mass is 282 g/mol. The van der Waals surface area contributed by atoms with Crippen molar-refractivity contribution in [1.29, 1.82) is 0 Å². The molecule has 0 aliphatic heterocycles. The number of aliphatic hydroxyl groups is 1. The fourth-order valence-electron chi connectivity index (χ4n) is 1.29. The van der Waals surface area contributed by atoms with Crippen LogP contribution in [0, 0.1) is 5.41 Å². The molecule has 0 aromatic rings. The summed E-state index contributed by atoms with van der Waals surface area (Å²) >= 11 is 0. The summed E-state index contributed by atoms with van der Waals surface area (Å²) in [5, 5.41) is 9.61. The van der Waals surface area contributed by atoms with Crippen molar-refractivity contribution in [3.8, 4) is 0 Å². The molecule has 1 amide bonds. The Bertz CT molecular complexity index is 361. The first-order valence-electron chi connectivity index (χ1n) is 5.68. The quantitative estimate of drug-likeness (QED) is 0.652. The van der Waals surface area contributed by atoms with Crippen molar-refractivity contribution in [3.05, 3.63) is 0 Å². The molecule has 0 bridgehead atoms. The summed E-state index contributed by atoms with van der Waals surface area (Å²) in [7, 11) is -3.99. The molecule has 108 valence electrons. The Kier molecular flexibility index (Phi) is 6.58. The zero-order valence-corrected chi connectivity index (χ0v) is 12.0. The highest BCUT2D eigenvalue weighted by molar-refractivity contribution is 7.88. The molecular weight excluding hydrogens is 260 g/mol. The van der Waals surface area contributed by atoms with E-state index in [-0.39, 0.29) is 18.6 Å². The van der Waals surface area contributed by atoms with Crippen LogP contribution in [-0.2, 0) is 14.9 Å². The molecule has 3 N–H and O–H groups in total. The van der Waals surface area contributed by atoms with Crippen LogP contribution in [0.5, 0.6) is 0 Å². The highest BCUT2D eigenvalue weighted by atomic mass is 32.2. The number of rotatable bonds is 6. The van der Waals surface area contributed by atoms with E-state index in [1.165, 1.54) is 0 Å². The third-order valence-electron chi connectivity index (χ3n) is 1.85. The number of carbonyl (C=O) groups is 1. The van der Waals surface area contributed by atoms with Gasteiger partial charge in [0.1, 0.15) is 0 Å². The van der Waals surface area contributed by atoms with Crippen LogP contribution in [0.15, 0.2) is 0 Å². The maximum atomic E-state index is 11.4. The zero-order chi connectivity index (χ0) is 14.4. The summed E-state index contributed by atoms with van der Waals surface area (Å²) in [6.07, 6.45) is -1.42. The van der Waals surface area contributed by atoms with Gasteiger partial charge in [-0.25, -0.2) is 9.52 Å². The first-order valence-corrected chi connectivity index (χ1v) is 7.16. The van der Waals surface area contributed by atoms with Crippen LogP contribution in [0.1, 0.15) is 34.1 Å². The molecule has 0 aromatic heterocycles. The summed E-state index contributed by atoms with van der Waals surface area (Å²) in [5.41, 5.74) is -0.112. The Labute approximate surface area is 108 Å². The average molecular weight is 282 g/mol. The van der Waals surface area contributed by atoms with Gasteiger partial charge in [-0.1, -0.05) is 20.8 Å². The molecule has 0 saturated heterocycles. The number of hydrogen-bond acceptors (Lipinski definition) is 5. The van der Waals surface area contributed by atoms with E-state index in [1.807, 2.05) is 20.8 Å². The Balaban J connectivity index is 4.15. The summed E-state index contributed by atoms with van der Waals surface area (Å²) in [6.45, 7) is 7.28. The van der Waals surface area contributed by atoms with Crippen molar-refractivity contribution in [2.75, 3.05) is 13.2 Å². The number of nitrogens with one attached hydrogen (secondary N) is 2. The predicted octanol–water partition coefficient (Wildman–Crippen LogP) is 0.364. The molecule has 1 atom stereocenters. The van der Waals surface area contributed by atoms with E-state index >= 15 is 0 Å². The lowest BCUT2D eigenvalue weighted by Crippen LogP contribution is -2.43. The lowest BCUT2D eigenvalue weighted by atomic mass is 9.89. The third-order valence-corrected chi connectivity index (χ3v) is 2.83. The van der Waals surface area contributed by atoms with Crippen molar-refractivity contribution >= 4 is 16.3 Å². The van der Waals surface area contributed by atoms with Crippen LogP contribution in [0.4, 0.5) is 4.79 Å². The average Bonchev–Trinajstić information content (AvgIpc) is 2.11. The summed E-state index contributed by atoms with van der Waals surface area (Å²) < 4.78 is 30.9. The normalized spacial score (nSPS) is 14.1. The van der Waals surface area contributed by atoms with Gasteiger partial charge in [0.25, 0.3) is 0 Å². The smallest absolute Gasteiger partial charge is 0.421 e. The molecule has 0 fully saturated rings. The van der Waals surface area contributed by atoms with E-state index in [0.717, 1.165) is 0 Å². The van der Waals surface area contributed by atoms with Crippen LogP contribution < -0.4 is 9.44 Å². The standard InChI is InChI=1S/C10H22N2O5S/c1-5-17-9(14)12-18(15,16)11-7-8(13)6-10(2,3)4/h8,11,13H,5-7H2,1-4H3,(H,12,14). The minimum Gasteiger partial charge on any atom is -0.449 e. The maximum Gasteiger partial charge on any atom is 0.421 e. The van der Waals surface area contributed by atoms with Crippen molar-refractivity contribution in [2.45, 2.75) is 40.2 Å². The lowest BCUT2D eigenvalue weighted by molar-refractivity contribution is 0.124. The zero-order valence-electron chi connectivity index (χ0n) is 11.2. The number of ether oxygens (including phenoxy) is 1. The van der Waals surface area contributed by atoms with Crippen LogP contribution >= 0.6 is 0 Å². The molecule has 7 nitrogen and oxygen atoms in total. The van der Waals surface area contributed by atoms with Gasteiger partial charge in [-0.3, -0.25) is 0 Å². The van der Waals surface area contributed by atoms with E-state index < -0.39 is 22.4 Å². The molecule has 0 spiro atoms. The van der Waals surface area contributed by atoms with E-state index in [1.54, 1.807) is 11.6 Å². The minimum atomic E-state index is -3.99. The highest BCUT2D eigenvalue weighted by Gasteiger charge is 2.20. The largest absolute Gasteiger partial charge is 0.449 e. The molecule has 18 heavy (non-hydrogen) atoms. The van der Waals surface area contributed by atoms with Crippen LogP contribution in [0.3, 0.4) is 0 Å². The van der Waals surface area contributed by atoms with Gasteiger partial charge in [0.2, 0.25) is 0 Å². The van der Waals surface area contributed by atoms with Crippen LogP contribution in [-0.4, -0.2) is 38.9 Å². The van der Waals surface area contributed by atoms with Gasteiger partial charge in [0.15, 0.2) is 0 Å². The van der Waals surface area contributed by atoms with Crippen LogP contribution in [0.2, 0.25) is 0 Å². The number of amides is 1. The Hall–Kier alpha value is -0.860. The Morgan fingerprint density at radius 1 is 1.39 bits per heavy atom. The number of hydrogen-bond donors (Lipinski definition) is 3. The van der Waals surface area contributed by atoms with Crippen molar-refractivity contribution in [3.63, 3.8) is 0 Å². The topological polar surface area (TPSA) is 105 Å². The number of carbonyl (C=O) groups excluding carboxylic acids is 1. The van der Waals surface area contributed by atoms with Gasteiger partial charge < -0.3 is 9.84 Å². The van der Waals surface area contributed by atoms with Crippen molar-refractivity contribution in [2.24, 2.45) is 5.41 Å². The van der Waals surface area contributed by atoms with Gasteiger partial charge in [0.05, 0.1) is 12.7 Å². The Morgan fingerprint density at radius 2 is 1.94 bits per heavy atom. The molecular formula is C10H22N2O5S. The molecule has 0 aliphatic rings. The fraction of sp³-hybridized carbons (Fsp3) is 0.900. The SMILES string of the molecule is CCOC(=O)NS(=O)(=O)NCC(O)CC(C)(C)C. The van der Waals surface area contributed by atoms with E-state index in [2.05, 4.69) is 9.46 Å². The van der Waals surface area contributed by atoms with Crippen molar-refractivity contribution in [1.82, 2.24) is 9.44 Å². The molecule has 0 aromatic carbocycles. The summed E-state index contributed by atoms with van der Waals surface area (Å²) in [6, 6.07) is 0. The molecule has 0 radical (unpaired) electrons. The second kappa shape index (κ2) is 6.91. The second-order valence-corrected chi connectivity index (χ2v) is 6.59. The second-order valence-electron chi connectivity index (χ2n) is 5.09. The van der Waals surface area contributed by atoms with Gasteiger partial charge in [0, 0.05) is 6.54 Å². The first-order chi connectivity index (χ1) is 8.06. The van der Waals surface area contributed by atoms with E-state index in [4.69, 9.17) is 0 Å². The Morgan fingerprint density at radius 3 is 2.39 bits per heavy atom. The van der Waals surface area contributed by atoms with E-state index in [9.17, 15) is 18.3 Å². The molecule has 0 rings (SSSR count). The lowest BCUT2D eigenvalue weighted by Gasteiger charge is -2.22. The van der Waals surface area contributed by atoms with Gasteiger partial charge in [-0.15, -0.1) is 0 Å². The predicted molar refractivity (Wildman–Crippen MR) is 67.2 cm³/mol. The molecule has 0 heterocycles. The van der Waals surface area contributed by atoms with Crippen molar-refractivity contribution < 1.29 is 23.1 Å². The third kappa shape index (κ3) is 9.20. The fourth-order valence-corrected chi connectivity index (χ4v) is 2.05. The van der Waals surface area contributed by atoms with Crippen LogP contribution in [0.25, 0.3) is 0 Å². The number of aliphatic hydroxyl groups excluding tert-OH is 1. The molecule has 1 unspecified atom stereocenters. The molecule has 0 saturated carbocycles. The van der Waals surface area contributed by atoms with E-state index in [0.29, 0.717) is 6.42 Å². The van der Waals surface area contributed by atoms with Gasteiger partial charge >= 0.3 is 16.3 Å². The molecule has 8 heteroatoms. The van der Waals surface area contributed by atoms with Gasteiger partial charge in [-0.05, 0) is 18.8 Å². The minimum absolute atomic E-state index is 0.0774. The highest BCUT2D eigenvalue weighted by Crippen LogP contribution is 2.20. The maximum absolute atomic E-state index is 11.4. The van der Waals surface area contributed by atoms with Gasteiger partial charge in [-0.2, -0.15) is 13.1 Å². The summed E-state index contributed by atoms with van der Waals surface area (Å²) in [5.74, 6) is 0. The molecule has 0 aliphatic carbocycles. The summed E-state index contributed by atoms with van der Waals surface area (Å²) in [4.78, 5) is 10.9. The first kappa shape index (κ1) is 17.1.